The van der Waals surface area contributed by atoms with E-state index in [1.807, 2.05) is 6.08 Å². The van der Waals surface area contributed by atoms with Gasteiger partial charge in [0.15, 0.2) is 5.96 Å². The molecule has 0 heterocycles. The van der Waals surface area contributed by atoms with E-state index in [9.17, 15) is 5.11 Å². The third-order valence-corrected chi connectivity index (χ3v) is 4.20. The second kappa shape index (κ2) is 16.8. The first-order valence-corrected chi connectivity index (χ1v) is 9.66. The first-order chi connectivity index (χ1) is 11.6. The standard InChI is InChI=1S/C19H39N3O2/c1-2-3-4-5-6-7-8-9-10-11-12-13-14-15-18(24)17(16-23)22-19(20)21/h14-15,17-18,23-24H,2-13,16H2,1H3,(H4,20,21,22)/b15-14+/t17-,18+/m1/s1. The minimum atomic E-state index is -0.843. The normalized spacial score (nSPS) is 14.0. The zero-order chi connectivity index (χ0) is 18.0. The number of rotatable bonds is 16. The van der Waals surface area contributed by atoms with Gasteiger partial charge in [-0.25, -0.2) is 4.99 Å². The predicted molar refractivity (Wildman–Crippen MR) is 103 cm³/mol. The fourth-order valence-electron chi connectivity index (χ4n) is 2.71. The molecule has 0 saturated carbocycles. The molecule has 5 nitrogen and oxygen atoms in total. The molecule has 142 valence electrons. The molecule has 0 spiro atoms. The van der Waals surface area contributed by atoms with E-state index in [1.165, 1.54) is 64.2 Å². The molecule has 0 aliphatic rings. The lowest BCUT2D eigenvalue weighted by Gasteiger charge is -2.13. The van der Waals surface area contributed by atoms with Crippen LogP contribution in [0.5, 0.6) is 0 Å². The van der Waals surface area contributed by atoms with E-state index < -0.39 is 12.1 Å². The zero-order valence-electron chi connectivity index (χ0n) is 15.5. The average molecular weight is 342 g/mol. The molecule has 0 rings (SSSR count). The minimum Gasteiger partial charge on any atom is -0.394 e. The molecule has 0 aliphatic heterocycles. The number of unbranched alkanes of at least 4 members (excludes halogenated alkanes) is 11. The number of nitrogens with two attached hydrogens (primary N) is 2. The second-order valence-corrected chi connectivity index (χ2v) is 6.55. The van der Waals surface area contributed by atoms with Gasteiger partial charge in [-0.2, -0.15) is 0 Å². The zero-order valence-corrected chi connectivity index (χ0v) is 15.5. The Morgan fingerprint density at radius 1 is 0.917 bits per heavy atom. The third kappa shape index (κ3) is 14.5. The summed E-state index contributed by atoms with van der Waals surface area (Å²) in [6.45, 7) is 1.98. The van der Waals surface area contributed by atoms with Crippen molar-refractivity contribution in [3.05, 3.63) is 12.2 Å². The summed E-state index contributed by atoms with van der Waals surface area (Å²) < 4.78 is 0. The highest BCUT2D eigenvalue weighted by molar-refractivity contribution is 5.75. The Morgan fingerprint density at radius 3 is 1.88 bits per heavy atom. The molecule has 0 aromatic carbocycles. The highest BCUT2D eigenvalue weighted by atomic mass is 16.3. The van der Waals surface area contributed by atoms with Crippen molar-refractivity contribution in [3.63, 3.8) is 0 Å². The van der Waals surface area contributed by atoms with Crippen LogP contribution in [0.2, 0.25) is 0 Å². The molecule has 24 heavy (non-hydrogen) atoms. The van der Waals surface area contributed by atoms with Gasteiger partial charge in [0, 0.05) is 0 Å². The SMILES string of the molecule is CCCCCCCCCCCCC/C=C/[C@H](O)[C@@H](CO)N=C(N)N. The van der Waals surface area contributed by atoms with Crippen LogP contribution in [0.25, 0.3) is 0 Å². The van der Waals surface area contributed by atoms with E-state index in [2.05, 4.69) is 11.9 Å². The summed E-state index contributed by atoms with van der Waals surface area (Å²) in [5.74, 6) is -0.119. The maximum absolute atomic E-state index is 9.87. The number of aliphatic hydroxyl groups excluding tert-OH is 2. The summed E-state index contributed by atoms with van der Waals surface area (Å²) in [5.41, 5.74) is 10.5. The summed E-state index contributed by atoms with van der Waals surface area (Å²) in [6.07, 6.45) is 18.3. The minimum absolute atomic E-state index is 0.119. The second-order valence-electron chi connectivity index (χ2n) is 6.55. The molecule has 0 aromatic heterocycles. The van der Waals surface area contributed by atoms with E-state index in [1.54, 1.807) is 6.08 Å². The summed E-state index contributed by atoms with van der Waals surface area (Å²) >= 11 is 0. The number of aliphatic hydroxyl groups is 2. The molecule has 5 heteroatoms. The fourth-order valence-corrected chi connectivity index (χ4v) is 2.71. The van der Waals surface area contributed by atoms with Gasteiger partial charge < -0.3 is 21.7 Å². The number of hydrogen-bond donors (Lipinski definition) is 4. The van der Waals surface area contributed by atoms with Crippen LogP contribution in [0.1, 0.15) is 84.0 Å². The Hall–Kier alpha value is -1.07. The summed E-state index contributed by atoms with van der Waals surface area (Å²) in [6, 6.07) is -0.677. The lowest BCUT2D eigenvalue weighted by Crippen LogP contribution is -2.32. The van der Waals surface area contributed by atoms with E-state index in [4.69, 9.17) is 16.6 Å². The van der Waals surface area contributed by atoms with Gasteiger partial charge in [-0.1, -0.05) is 83.3 Å². The van der Waals surface area contributed by atoms with Crippen LogP contribution in [0.15, 0.2) is 17.1 Å². The van der Waals surface area contributed by atoms with Crippen molar-refractivity contribution >= 4 is 5.96 Å². The van der Waals surface area contributed by atoms with Crippen molar-refractivity contribution in [1.29, 1.82) is 0 Å². The van der Waals surface area contributed by atoms with Crippen LogP contribution >= 0.6 is 0 Å². The smallest absolute Gasteiger partial charge is 0.186 e. The number of nitrogens with zero attached hydrogens (tertiary/aromatic N) is 1. The van der Waals surface area contributed by atoms with Gasteiger partial charge in [-0.3, -0.25) is 0 Å². The van der Waals surface area contributed by atoms with Gasteiger partial charge in [0.1, 0.15) is 6.04 Å². The van der Waals surface area contributed by atoms with Gasteiger partial charge in [-0.05, 0) is 12.8 Å². The lowest BCUT2D eigenvalue weighted by atomic mass is 10.0. The number of aliphatic imine (C=N–C) groups is 1. The van der Waals surface area contributed by atoms with Crippen LogP contribution < -0.4 is 11.5 Å². The largest absolute Gasteiger partial charge is 0.394 e. The van der Waals surface area contributed by atoms with Crippen LogP contribution in [0.3, 0.4) is 0 Å². The van der Waals surface area contributed by atoms with Gasteiger partial charge in [-0.15, -0.1) is 0 Å². The Bertz CT molecular complexity index is 329. The Labute approximate surface area is 148 Å². The van der Waals surface area contributed by atoms with Crippen molar-refractivity contribution in [2.75, 3.05) is 6.61 Å². The maximum Gasteiger partial charge on any atom is 0.186 e. The van der Waals surface area contributed by atoms with Crippen molar-refractivity contribution in [2.45, 2.75) is 96.1 Å². The Morgan fingerprint density at radius 2 is 1.42 bits per heavy atom. The summed E-state index contributed by atoms with van der Waals surface area (Å²) in [7, 11) is 0. The van der Waals surface area contributed by atoms with Crippen LogP contribution in [0, 0.1) is 0 Å². The monoisotopic (exact) mass is 341 g/mol. The van der Waals surface area contributed by atoms with Crippen molar-refractivity contribution < 1.29 is 10.2 Å². The first-order valence-electron chi connectivity index (χ1n) is 9.66. The lowest BCUT2D eigenvalue weighted by molar-refractivity contribution is 0.145. The van der Waals surface area contributed by atoms with Crippen molar-refractivity contribution in [3.8, 4) is 0 Å². The topological polar surface area (TPSA) is 105 Å². The van der Waals surface area contributed by atoms with Crippen LogP contribution in [0.4, 0.5) is 0 Å². The number of guanidine groups is 1. The predicted octanol–water partition coefficient (Wildman–Crippen LogP) is 3.24. The first kappa shape index (κ1) is 22.9. The van der Waals surface area contributed by atoms with E-state index in [0.29, 0.717) is 0 Å². The fraction of sp³-hybridized carbons (Fsp3) is 0.842. The maximum atomic E-state index is 9.87. The van der Waals surface area contributed by atoms with Gasteiger partial charge in [0.05, 0.1) is 12.7 Å². The van der Waals surface area contributed by atoms with Crippen LogP contribution in [-0.4, -0.2) is 34.9 Å². The quantitative estimate of drug-likeness (QED) is 0.150. The van der Waals surface area contributed by atoms with Gasteiger partial charge in [0.25, 0.3) is 0 Å². The molecule has 0 amide bonds. The highest BCUT2D eigenvalue weighted by Crippen LogP contribution is 2.12. The molecule has 0 unspecified atom stereocenters. The van der Waals surface area contributed by atoms with E-state index >= 15 is 0 Å². The summed E-state index contributed by atoms with van der Waals surface area (Å²) in [5, 5.41) is 19.0. The number of allylic oxidation sites excluding steroid dienone is 1. The molecule has 0 fully saturated rings. The molecule has 0 bridgehead atoms. The molecule has 0 aliphatic carbocycles. The number of hydrogen-bond acceptors (Lipinski definition) is 3. The van der Waals surface area contributed by atoms with Crippen molar-refractivity contribution in [1.82, 2.24) is 0 Å². The van der Waals surface area contributed by atoms with Gasteiger partial charge >= 0.3 is 0 Å². The molecule has 0 saturated heterocycles. The molecule has 6 N–H and O–H groups in total. The van der Waals surface area contributed by atoms with E-state index in [-0.39, 0.29) is 12.6 Å². The molecule has 0 aromatic rings. The third-order valence-electron chi connectivity index (χ3n) is 4.20. The van der Waals surface area contributed by atoms with Gasteiger partial charge in [0.2, 0.25) is 0 Å². The van der Waals surface area contributed by atoms with E-state index in [0.717, 1.165) is 12.8 Å². The average Bonchev–Trinajstić information content (AvgIpc) is 2.56. The Kier molecular flexibility index (Phi) is 16.0. The molecule has 2 atom stereocenters. The molecular formula is C19H39N3O2. The summed E-state index contributed by atoms with van der Waals surface area (Å²) in [4.78, 5) is 3.80. The van der Waals surface area contributed by atoms with Crippen molar-refractivity contribution in [2.24, 2.45) is 16.5 Å². The highest BCUT2D eigenvalue weighted by Gasteiger charge is 2.14. The molecular weight excluding hydrogens is 302 g/mol. The van der Waals surface area contributed by atoms with Crippen LogP contribution in [-0.2, 0) is 0 Å². The molecule has 0 radical (unpaired) electrons. The Balaban J connectivity index is 3.50.